The Morgan fingerprint density at radius 1 is 1.04 bits per heavy atom. The van der Waals surface area contributed by atoms with E-state index in [1.54, 1.807) is 7.11 Å². The molecule has 0 unspecified atom stereocenters. The van der Waals surface area contributed by atoms with Gasteiger partial charge in [0.25, 0.3) is 0 Å². The Balaban J connectivity index is 1.82. The van der Waals surface area contributed by atoms with E-state index in [2.05, 4.69) is 41.7 Å². The molecule has 0 bridgehead atoms. The molecular formula is C21H23N3O. The molecule has 0 atom stereocenters. The minimum absolute atomic E-state index is 0.838. The molecule has 1 aliphatic rings. The predicted molar refractivity (Wildman–Crippen MR) is 101 cm³/mol. The minimum Gasteiger partial charge on any atom is -0.494 e. The number of para-hydroxylation sites is 2. The highest BCUT2D eigenvalue weighted by Gasteiger charge is 2.22. The first kappa shape index (κ1) is 15.8. The summed E-state index contributed by atoms with van der Waals surface area (Å²) in [7, 11) is 1.71. The zero-order chi connectivity index (χ0) is 17.1. The maximum atomic E-state index is 5.56. The van der Waals surface area contributed by atoms with E-state index >= 15 is 0 Å². The van der Waals surface area contributed by atoms with Gasteiger partial charge in [-0.15, -0.1) is 0 Å². The molecule has 4 nitrogen and oxygen atoms in total. The summed E-state index contributed by atoms with van der Waals surface area (Å²) < 4.78 is 7.59. The molecule has 0 radical (unpaired) electrons. The lowest BCUT2D eigenvalue weighted by molar-refractivity contribution is 0.412. The van der Waals surface area contributed by atoms with Crippen LogP contribution in [0.25, 0.3) is 5.69 Å². The van der Waals surface area contributed by atoms with Gasteiger partial charge in [-0.25, -0.2) is 4.68 Å². The Labute approximate surface area is 148 Å². The van der Waals surface area contributed by atoms with Crippen LogP contribution in [0.1, 0.15) is 29.7 Å². The largest absolute Gasteiger partial charge is 0.494 e. The number of ether oxygens (including phenoxy) is 1. The molecule has 1 aromatic heterocycles. The van der Waals surface area contributed by atoms with Crippen LogP contribution in [0.2, 0.25) is 0 Å². The lowest BCUT2D eigenvalue weighted by atomic mass is 10.0. The lowest BCUT2D eigenvalue weighted by Gasteiger charge is -2.12. The van der Waals surface area contributed by atoms with Gasteiger partial charge in [0.1, 0.15) is 17.3 Å². The van der Waals surface area contributed by atoms with Gasteiger partial charge in [0.2, 0.25) is 0 Å². The van der Waals surface area contributed by atoms with Crippen LogP contribution in [-0.2, 0) is 12.8 Å². The lowest BCUT2D eigenvalue weighted by Crippen LogP contribution is -2.08. The molecule has 0 amide bonds. The van der Waals surface area contributed by atoms with Crippen molar-refractivity contribution < 1.29 is 4.74 Å². The van der Waals surface area contributed by atoms with Gasteiger partial charge >= 0.3 is 0 Å². The summed E-state index contributed by atoms with van der Waals surface area (Å²) in [5, 5.41) is 8.58. The van der Waals surface area contributed by atoms with Crippen molar-refractivity contribution in [2.24, 2.45) is 0 Å². The fraction of sp³-hybridized carbons (Fsp3) is 0.286. The Kier molecular flexibility index (Phi) is 4.42. The summed E-state index contributed by atoms with van der Waals surface area (Å²) in [6.07, 6.45) is 4.30. The van der Waals surface area contributed by atoms with Crippen LogP contribution in [0.3, 0.4) is 0 Å². The van der Waals surface area contributed by atoms with Crippen molar-refractivity contribution in [1.29, 1.82) is 0 Å². The third kappa shape index (κ3) is 3.12. The second kappa shape index (κ2) is 7.01. The molecule has 1 aliphatic heterocycles. The number of fused-ring (bicyclic) bond motifs is 1. The first-order valence-electron chi connectivity index (χ1n) is 8.89. The summed E-state index contributed by atoms with van der Waals surface area (Å²) in [6, 6.07) is 18.6. The molecule has 25 heavy (non-hydrogen) atoms. The number of nitrogens with one attached hydrogen (secondary N) is 1. The van der Waals surface area contributed by atoms with Crippen LogP contribution in [-0.4, -0.2) is 23.4 Å². The zero-order valence-electron chi connectivity index (χ0n) is 14.5. The van der Waals surface area contributed by atoms with Crippen LogP contribution in [0.5, 0.6) is 5.75 Å². The summed E-state index contributed by atoms with van der Waals surface area (Å²) >= 11 is 0. The van der Waals surface area contributed by atoms with Gasteiger partial charge < -0.3 is 10.1 Å². The number of hydrogen-bond acceptors (Lipinski definition) is 3. The van der Waals surface area contributed by atoms with Crippen LogP contribution >= 0.6 is 0 Å². The van der Waals surface area contributed by atoms with E-state index in [-0.39, 0.29) is 0 Å². The van der Waals surface area contributed by atoms with E-state index in [0.717, 1.165) is 42.3 Å². The quantitative estimate of drug-likeness (QED) is 0.777. The third-order valence-corrected chi connectivity index (χ3v) is 4.74. The third-order valence-electron chi connectivity index (χ3n) is 4.74. The Morgan fingerprint density at radius 3 is 2.68 bits per heavy atom. The standard InChI is InChI=1S/C21H23N3O/c1-25-20-13-6-5-12-19(20)24-21-17(11-7-8-14-22-21)18(23-24)15-16-9-3-2-4-10-16/h2-6,9-10,12-13,22H,7-8,11,14-15H2,1H3. The van der Waals surface area contributed by atoms with Crippen molar-refractivity contribution in [2.75, 3.05) is 19.0 Å². The van der Waals surface area contributed by atoms with Gasteiger partial charge in [-0.1, -0.05) is 42.5 Å². The highest BCUT2D eigenvalue weighted by Crippen LogP contribution is 2.32. The van der Waals surface area contributed by atoms with Crippen LogP contribution in [0.4, 0.5) is 5.82 Å². The summed E-state index contributed by atoms with van der Waals surface area (Å²) in [5.74, 6) is 1.96. The van der Waals surface area contributed by atoms with E-state index in [0.29, 0.717) is 0 Å². The number of rotatable bonds is 4. The van der Waals surface area contributed by atoms with Crippen molar-refractivity contribution in [2.45, 2.75) is 25.7 Å². The average Bonchev–Trinajstić information content (AvgIpc) is 2.84. The molecule has 2 aromatic carbocycles. The monoisotopic (exact) mass is 333 g/mol. The molecule has 0 saturated carbocycles. The molecule has 0 saturated heterocycles. The Bertz CT molecular complexity index is 855. The predicted octanol–water partition coefficient (Wildman–Crippen LogP) is 4.22. The minimum atomic E-state index is 0.838. The average molecular weight is 333 g/mol. The van der Waals surface area contributed by atoms with Gasteiger partial charge in [-0.05, 0) is 37.0 Å². The SMILES string of the molecule is COc1ccccc1-n1nc(Cc2ccccc2)c2c1NCCCC2. The normalized spacial score (nSPS) is 13.6. The molecule has 1 N–H and O–H groups in total. The topological polar surface area (TPSA) is 39.1 Å². The Morgan fingerprint density at radius 2 is 1.84 bits per heavy atom. The maximum Gasteiger partial charge on any atom is 0.144 e. The molecule has 0 spiro atoms. The first-order chi connectivity index (χ1) is 12.4. The maximum absolute atomic E-state index is 5.56. The summed E-state index contributed by atoms with van der Waals surface area (Å²) in [5.41, 5.74) is 4.77. The van der Waals surface area contributed by atoms with Gasteiger partial charge in [0.05, 0.1) is 12.8 Å². The molecule has 4 heteroatoms. The molecule has 0 fully saturated rings. The summed E-state index contributed by atoms with van der Waals surface area (Å²) in [6.45, 7) is 0.985. The highest BCUT2D eigenvalue weighted by molar-refractivity contribution is 5.58. The van der Waals surface area contributed by atoms with Crippen LogP contribution in [0.15, 0.2) is 54.6 Å². The number of aromatic nitrogens is 2. The van der Waals surface area contributed by atoms with Crippen molar-refractivity contribution in [3.05, 3.63) is 71.4 Å². The van der Waals surface area contributed by atoms with Crippen LogP contribution < -0.4 is 10.1 Å². The molecule has 0 aliphatic carbocycles. The van der Waals surface area contributed by atoms with E-state index in [9.17, 15) is 0 Å². The van der Waals surface area contributed by atoms with Gasteiger partial charge in [0.15, 0.2) is 0 Å². The number of hydrogen-bond donors (Lipinski definition) is 1. The second-order valence-corrected chi connectivity index (χ2v) is 6.40. The second-order valence-electron chi connectivity index (χ2n) is 6.40. The molecule has 2 heterocycles. The van der Waals surface area contributed by atoms with Gasteiger partial charge in [-0.2, -0.15) is 5.10 Å². The number of methoxy groups -OCH3 is 1. The van der Waals surface area contributed by atoms with Gasteiger partial charge in [0, 0.05) is 18.5 Å². The fourth-order valence-electron chi connectivity index (χ4n) is 3.48. The molecule has 4 rings (SSSR count). The summed E-state index contributed by atoms with van der Waals surface area (Å²) in [4.78, 5) is 0. The van der Waals surface area contributed by atoms with E-state index in [1.807, 2.05) is 22.9 Å². The molecule has 3 aromatic rings. The molecular weight excluding hydrogens is 310 g/mol. The van der Waals surface area contributed by atoms with E-state index in [1.165, 1.54) is 24.0 Å². The number of benzene rings is 2. The van der Waals surface area contributed by atoms with E-state index < -0.39 is 0 Å². The van der Waals surface area contributed by atoms with Gasteiger partial charge in [-0.3, -0.25) is 0 Å². The molecule has 128 valence electrons. The van der Waals surface area contributed by atoms with Crippen molar-refractivity contribution in [1.82, 2.24) is 9.78 Å². The van der Waals surface area contributed by atoms with Crippen molar-refractivity contribution in [3.8, 4) is 11.4 Å². The van der Waals surface area contributed by atoms with Crippen molar-refractivity contribution in [3.63, 3.8) is 0 Å². The van der Waals surface area contributed by atoms with Crippen LogP contribution in [0, 0.1) is 0 Å². The number of anilines is 1. The number of nitrogens with zero attached hydrogens (tertiary/aromatic N) is 2. The van der Waals surface area contributed by atoms with E-state index in [4.69, 9.17) is 9.84 Å². The zero-order valence-corrected chi connectivity index (χ0v) is 14.5. The Hall–Kier alpha value is -2.75. The smallest absolute Gasteiger partial charge is 0.144 e. The highest BCUT2D eigenvalue weighted by atomic mass is 16.5. The fourth-order valence-corrected chi connectivity index (χ4v) is 3.48. The van der Waals surface area contributed by atoms with Crippen molar-refractivity contribution >= 4 is 5.82 Å². The first-order valence-corrected chi connectivity index (χ1v) is 8.89.